The average molecular weight is 491 g/mol. The Bertz CT molecular complexity index is 1220. The van der Waals surface area contributed by atoms with Crippen molar-refractivity contribution >= 4 is 22.7 Å². The van der Waals surface area contributed by atoms with Crippen LogP contribution in [0.15, 0.2) is 54.6 Å². The Kier molecular flexibility index (Phi) is 7.86. The number of hydrogen-bond acceptors (Lipinski definition) is 6. The van der Waals surface area contributed by atoms with E-state index in [-0.39, 0.29) is 29.7 Å². The number of pyridine rings is 1. The fraction of sp³-hybridized carbons (Fsp3) is 0.393. The number of hydroxylamine groups is 1. The van der Waals surface area contributed by atoms with Gasteiger partial charge in [-0.15, -0.1) is 0 Å². The zero-order chi connectivity index (χ0) is 25.7. The zero-order valence-corrected chi connectivity index (χ0v) is 21.1. The van der Waals surface area contributed by atoms with Gasteiger partial charge in [-0.1, -0.05) is 32.0 Å². The van der Waals surface area contributed by atoms with E-state index >= 15 is 0 Å². The lowest BCUT2D eigenvalue weighted by molar-refractivity contribution is -0.129. The Labute approximate surface area is 211 Å². The second kappa shape index (κ2) is 11.1. The van der Waals surface area contributed by atoms with Crippen LogP contribution in [0.1, 0.15) is 48.3 Å². The number of aromatic nitrogens is 1. The quantitative estimate of drug-likeness (QED) is 0.295. The van der Waals surface area contributed by atoms with Crippen LogP contribution in [0.2, 0.25) is 0 Å². The summed E-state index contributed by atoms with van der Waals surface area (Å²) in [6, 6.07) is 17.4. The minimum absolute atomic E-state index is 0.0570. The first-order valence-corrected chi connectivity index (χ1v) is 12.3. The minimum Gasteiger partial charge on any atom is -0.489 e. The normalized spacial score (nSPS) is 14.3. The van der Waals surface area contributed by atoms with Crippen LogP contribution >= 0.6 is 0 Å². The number of rotatable bonds is 10. The van der Waals surface area contributed by atoms with Gasteiger partial charge in [0.15, 0.2) is 0 Å². The van der Waals surface area contributed by atoms with E-state index in [2.05, 4.69) is 29.0 Å². The van der Waals surface area contributed by atoms with Gasteiger partial charge in [0.25, 0.3) is 5.91 Å². The third kappa shape index (κ3) is 6.59. The van der Waals surface area contributed by atoms with Crippen molar-refractivity contribution in [2.45, 2.75) is 46.3 Å². The number of likely N-dealkylation sites (tertiary alicyclic amines) is 1. The molecular weight excluding hydrogens is 456 g/mol. The third-order valence-electron chi connectivity index (χ3n) is 6.54. The van der Waals surface area contributed by atoms with Crippen molar-refractivity contribution in [3.05, 3.63) is 71.4 Å². The molecule has 1 fully saturated rings. The molecule has 3 N–H and O–H groups in total. The summed E-state index contributed by atoms with van der Waals surface area (Å²) in [7, 11) is 0. The van der Waals surface area contributed by atoms with E-state index in [1.54, 1.807) is 17.6 Å². The molecule has 4 rings (SSSR count). The Balaban J connectivity index is 1.24. The molecular formula is C28H34N4O4. The summed E-state index contributed by atoms with van der Waals surface area (Å²) in [5.74, 6) is 0.243. The van der Waals surface area contributed by atoms with Gasteiger partial charge in [0.2, 0.25) is 5.91 Å². The highest BCUT2D eigenvalue weighted by atomic mass is 16.5. The summed E-state index contributed by atoms with van der Waals surface area (Å²) in [5, 5.41) is 12.8. The maximum Gasteiger partial charge on any atom is 0.251 e. The number of para-hydroxylation sites is 1. The van der Waals surface area contributed by atoms with Gasteiger partial charge in [-0.25, -0.2) is 5.48 Å². The Morgan fingerprint density at radius 2 is 1.86 bits per heavy atom. The van der Waals surface area contributed by atoms with Gasteiger partial charge in [-0.3, -0.25) is 24.7 Å². The number of benzene rings is 2. The molecule has 0 bridgehead atoms. The predicted molar refractivity (Wildman–Crippen MR) is 138 cm³/mol. The Morgan fingerprint density at radius 1 is 1.14 bits per heavy atom. The maximum atomic E-state index is 12.7. The molecule has 8 heteroatoms. The molecule has 1 aromatic heterocycles. The first-order chi connectivity index (χ1) is 17.2. The van der Waals surface area contributed by atoms with Crippen LogP contribution in [0, 0.1) is 12.3 Å². The lowest BCUT2D eigenvalue weighted by Gasteiger charge is -2.43. The SMILES string of the molecule is Cc1cc(COc2ccc(C(=O)NC3CN(CC(C)(C)CCC(=O)NO)C3)cc2)c2ccccc2n1. The van der Waals surface area contributed by atoms with Crippen LogP contribution < -0.4 is 15.5 Å². The van der Waals surface area contributed by atoms with Crippen molar-refractivity contribution in [3.8, 4) is 5.75 Å². The number of hydrogen-bond donors (Lipinski definition) is 3. The summed E-state index contributed by atoms with van der Waals surface area (Å²) >= 11 is 0. The molecule has 1 aliphatic rings. The van der Waals surface area contributed by atoms with E-state index < -0.39 is 0 Å². The smallest absolute Gasteiger partial charge is 0.251 e. The number of amides is 2. The van der Waals surface area contributed by atoms with Crippen molar-refractivity contribution in [2.24, 2.45) is 5.41 Å². The Morgan fingerprint density at radius 3 is 2.58 bits per heavy atom. The van der Waals surface area contributed by atoms with Gasteiger partial charge in [-0.2, -0.15) is 0 Å². The van der Waals surface area contributed by atoms with E-state index in [0.717, 1.165) is 41.8 Å². The molecule has 0 radical (unpaired) electrons. The van der Waals surface area contributed by atoms with Gasteiger partial charge >= 0.3 is 0 Å². The van der Waals surface area contributed by atoms with Crippen LogP contribution in [-0.2, 0) is 11.4 Å². The highest BCUT2D eigenvalue weighted by molar-refractivity contribution is 5.94. The summed E-state index contributed by atoms with van der Waals surface area (Å²) in [6.07, 6.45) is 0.967. The number of aryl methyl sites for hydroxylation is 1. The number of nitrogens with zero attached hydrogens (tertiary/aromatic N) is 2. The van der Waals surface area contributed by atoms with Crippen molar-refractivity contribution in [1.29, 1.82) is 0 Å². The molecule has 2 aromatic carbocycles. The Hall–Kier alpha value is -3.49. The van der Waals surface area contributed by atoms with E-state index in [4.69, 9.17) is 9.94 Å². The largest absolute Gasteiger partial charge is 0.489 e. The first-order valence-electron chi connectivity index (χ1n) is 12.3. The first kappa shape index (κ1) is 25.6. The van der Waals surface area contributed by atoms with E-state index in [1.165, 1.54) is 0 Å². The number of carbonyl (C=O) groups is 2. The monoisotopic (exact) mass is 490 g/mol. The fourth-order valence-corrected chi connectivity index (χ4v) is 4.63. The topological polar surface area (TPSA) is 104 Å². The van der Waals surface area contributed by atoms with Crippen LogP contribution in [0.5, 0.6) is 5.75 Å². The summed E-state index contributed by atoms with van der Waals surface area (Å²) in [4.78, 5) is 30.8. The molecule has 3 aromatic rings. The molecule has 0 saturated carbocycles. The molecule has 36 heavy (non-hydrogen) atoms. The summed E-state index contributed by atoms with van der Waals surface area (Å²) < 4.78 is 6.00. The van der Waals surface area contributed by atoms with Crippen LogP contribution in [0.4, 0.5) is 0 Å². The second-order valence-corrected chi connectivity index (χ2v) is 10.3. The van der Waals surface area contributed by atoms with Crippen molar-refractivity contribution in [1.82, 2.24) is 20.7 Å². The number of fused-ring (bicyclic) bond motifs is 1. The molecule has 2 heterocycles. The third-order valence-corrected chi connectivity index (χ3v) is 6.54. The summed E-state index contributed by atoms with van der Waals surface area (Å²) in [6.45, 7) is 9.00. The van der Waals surface area contributed by atoms with Gasteiger partial charge in [0.1, 0.15) is 12.4 Å². The van der Waals surface area contributed by atoms with Gasteiger partial charge in [0, 0.05) is 48.3 Å². The maximum absolute atomic E-state index is 12.7. The molecule has 1 aliphatic heterocycles. The molecule has 0 atom stereocenters. The van der Waals surface area contributed by atoms with E-state index in [0.29, 0.717) is 24.3 Å². The number of carbonyl (C=O) groups excluding carboxylic acids is 2. The van der Waals surface area contributed by atoms with Gasteiger partial charge in [-0.05, 0) is 55.2 Å². The molecule has 190 valence electrons. The minimum atomic E-state index is -0.366. The highest BCUT2D eigenvalue weighted by Gasteiger charge is 2.32. The van der Waals surface area contributed by atoms with E-state index in [9.17, 15) is 9.59 Å². The van der Waals surface area contributed by atoms with Crippen LogP contribution in [-0.4, -0.2) is 52.6 Å². The number of ether oxygens (including phenoxy) is 1. The average Bonchev–Trinajstić information content (AvgIpc) is 2.84. The highest BCUT2D eigenvalue weighted by Crippen LogP contribution is 2.26. The van der Waals surface area contributed by atoms with E-state index in [1.807, 2.05) is 49.4 Å². The molecule has 2 amide bonds. The molecule has 0 unspecified atom stereocenters. The molecule has 0 spiro atoms. The van der Waals surface area contributed by atoms with Crippen molar-refractivity contribution in [3.63, 3.8) is 0 Å². The lowest BCUT2D eigenvalue weighted by atomic mass is 9.85. The van der Waals surface area contributed by atoms with Gasteiger partial charge in [0.05, 0.1) is 11.6 Å². The second-order valence-electron chi connectivity index (χ2n) is 10.3. The predicted octanol–water partition coefficient (Wildman–Crippen LogP) is 3.85. The summed E-state index contributed by atoms with van der Waals surface area (Å²) in [5.41, 5.74) is 5.20. The van der Waals surface area contributed by atoms with Crippen molar-refractivity contribution in [2.75, 3.05) is 19.6 Å². The fourth-order valence-electron chi connectivity index (χ4n) is 4.63. The molecule has 8 nitrogen and oxygen atoms in total. The molecule has 1 saturated heterocycles. The van der Waals surface area contributed by atoms with Crippen molar-refractivity contribution < 1.29 is 19.5 Å². The zero-order valence-electron chi connectivity index (χ0n) is 21.1. The van der Waals surface area contributed by atoms with Crippen LogP contribution in [0.3, 0.4) is 0 Å². The van der Waals surface area contributed by atoms with Crippen LogP contribution in [0.25, 0.3) is 10.9 Å². The van der Waals surface area contributed by atoms with Gasteiger partial charge < -0.3 is 10.1 Å². The number of nitrogens with one attached hydrogen (secondary N) is 2. The lowest BCUT2D eigenvalue weighted by Crippen LogP contribution is -2.60. The molecule has 0 aliphatic carbocycles. The standard InChI is InChI=1S/C28H34N4O4/c1-19-14-21(24-6-4-5-7-25(24)29-19)17-36-23-10-8-20(9-11-23)27(34)30-22-15-32(16-22)18-28(2,3)13-12-26(33)31-35/h4-11,14,22,35H,12-13,15-18H2,1-3H3,(H,30,34)(H,31,33).